The molecular weight excluding hydrogens is 282 g/mol. The second-order valence-electron chi connectivity index (χ2n) is 2.94. The molecule has 0 saturated carbocycles. The number of rotatable bonds is 0. The van der Waals surface area contributed by atoms with Gasteiger partial charge in [0.15, 0.2) is 0 Å². The first-order valence-corrected chi connectivity index (χ1v) is 6.37. The van der Waals surface area contributed by atoms with Crippen molar-refractivity contribution >= 4 is 37.6 Å². The van der Waals surface area contributed by atoms with Crippen LogP contribution in [0, 0.1) is 0 Å². The SMILES string of the molecule is CN=C1Nc2ccc(Br)cc2S(=O)(=O)N1. The van der Waals surface area contributed by atoms with Crippen LogP contribution in [-0.4, -0.2) is 21.4 Å². The third-order valence-corrected chi connectivity index (χ3v) is 3.81. The highest BCUT2D eigenvalue weighted by atomic mass is 79.9. The smallest absolute Gasteiger partial charge is 0.266 e. The standard InChI is InChI=1S/C8H8BrN3O2S/c1-10-8-11-6-3-2-5(9)4-7(6)15(13,14)12-8/h2-4H,1H3,(H2,10,11,12). The topological polar surface area (TPSA) is 70.6 Å². The lowest BCUT2D eigenvalue weighted by Gasteiger charge is -2.21. The molecular formula is C8H8BrN3O2S. The normalized spacial score (nSPS) is 20.3. The molecule has 0 bridgehead atoms. The van der Waals surface area contributed by atoms with Crippen molar-refractivity contribution in [3.8, 4) is 0 Å². The third kappa shape index (κ3) is 1.84. The maximum Gasteiger partial charge on any atom is 0.266 e. The molecule has 0 fully saturated rings. The lowest BCUT2D eigenvalue weighted by molar-refractivity contribution is 0.591. The van der Waals surface area contributed by atoms with E-state index in [1.165, 1.54) is 13.1 Å². The molecule has 2 rings (SSSR count). The van der Waals surface area contributed by atoms with Crippen LogP contribution in [0.1, 0.15) is 0 Å². The largest absolute Gasteiger partial charge is 0.324 e. The lowest BCUT2D eigenvalue weighted by Crippen LogP contribution is -2.40. The average molecular weight is 290 g/mol. The minimum Gasteiger partial charge on any atom is -0.324 e. The van der Waals surface area contributed by atoms with Crippen LogP contribution in [0.15, 0.2) is 32.6 Å². The summed E-state index contributed by atoms with van der Waals surface area (Å²) in [6.45, 7) is 0. The maximum atomic E-state index is 11.7. The Balaban J connectivity index is 2.66. The number of halogens is 1. The van der Waals surface area contributed by atoms with Gasteiger partial charge in [0.1, 0.15) is 4.90 Å². The Morgan fingerprint density at radius 1 is 1.40 bits per heavy atom. The van der Waals surface area contributed by atoms with Crippen LogP contribution in [-0.2, 0) is 10.0 Å². The molecule has 0 aliphatic carbocycles. The van der Waals surface area contributed by atoms with Crippen molar-refractivity contribution in [2.45, 2.75) is 4.90 Å². The van der Waals surface area contributed by atoms with Crippen LogP contribution in [0.4, 0.5) is 5.69 Å². The molecule has 1 aromatic rings. The second kappa shape index (κ2) is 3.49. The van der Waals surface area contributed by atoms with Gasteiger partial charge in [-0.3, -0.25) is 4.99 Å². The fourth-order valence-corrected chi connectivity index (χ4v) is 2.97. The molecule has 1 aromatic carbocycles. The lowest BCUT2D eigenvalue weighted by atomic mass is 10.3. The van der Waals surface area contributed by atoms with Crippen molar-refractivity contribution < 1.29 is 8.42 Å². The Kier molecular flexibility index (Phi) is 2.43. The number of guanidine groups is 1. The van der Waals surface area contributed by atoms with Crippen molar-refractivity contribution in [1.82, 2.24) is 4.72 Å². The van der Waals surface area contributed by atoms with Gasteiger partial charge in [-0.1, -0.05) is 15.9 Å². The van der Waals surface area contributed by atoms with Crippen LogP contribution < -0.4 is 10.0 Å². The molecule has 0 amide bonds. The van der Waals surface area contributed by atoms with Crippen molar-refractivity contribution in [2.75, 3.05) is 12.4 Å². The zero-order valence-electron chi connectivity index (χ0n) is 7.78. The van der Waals surface area contributed by atoms with E-state index >= 15 is 0 Å². The molecule has 1 aliphatic rings. The van der Waals surface area contributed by atoms with Crippen LogP contribution in [0.2, 0.25) is 0 Å². The predicted molar refractivity (Wildman–Crippen MR) is 61.4 cm³/mol. The highest BCUT2D eigenvalue weighted by molar-refractivity contribution is 9.10. The van der Waals surface area contributed by atoms with Crippen LogP contribution >= 0.6 is 15.9 Å². The summed E-state index contributed by atoms with van der Waals surface area (Å²) < 4.78 is 26.5. The van der Waals surface area contributed by atoms with E-state index in [1.807, 2.05) is 0 Å². The summed E-state index contributed by atoms with van der Waals surface area (Å²) in [5.74, 6) is 0.227. The van der Waals surface area contributed by atoms with Gasteiger partial charge < -0.3 is 5.32 Å². The zero-order valence-corrected chi connectivity index (χ0v) is 10.2. The van der Waals surface area contributed by atoms with Gasteiger partial charge in [-0.15, -0.1) is 0 Å². The minimum absolute atomic E-state index is 0.212. The molecule has 0 aromatic heterocycles. The van der Waals surface area contributed by atoms with E-state index in [2.05, 4.69) is 31.0 Å². The van der Waals surface area contributed by atoms with E-state index in [4.69, 9.17) is 0 Å². The quantitative estimate of drug-likeness (QED) is 0.752. The van der Waals surface area contributed by atoms with Crippen molar-refractivity contribution in [3.63, 3.8) is 0 Å². The highest BCUT2D eigenvalue weighted by Crippen LogP contribution is 2.27. The Hall–Kier alpha value is -1.08. The molecule has 2 N–H and O–H groups in total. The summed E-state index contributed by atoms with van der Waals surface area (Å²) in [7, 11) is -1.99. The average Bonchev–Trinajstić information content (AvgIpc) is 2.18. The third-order valence-electron chi connectivity index (χ3n) is 1.94. The number of nitrogens with zero attached hydrogens (tertiary/aromatic N) is 1. The van der Waals surface area contributed by atoms with Gasteiger partial charge in [-0.25, -0.2) is 13.1 Å². The summed E-state index contributed by atoms with van der Waals surface area (Å²) in [6.07, 6.45) is 0. The summed E-state index contributed by atoms with van der Waals surface area (Å²) in [5.41, 5.74) is 0.526. The molecule has 7 heteroatoms. The van der Waals surface area contributed by atoms with Gasteiger partial charge in [0.05, 0.1) is 5.69 Å². The Labute approximate surface area is 95.8 Å². The number of sulfonamides is 1. The first kappa shape index (κ1) is 10.4. The maximum absolute atomic E-state index is 11.7. The van der Waals surface area contributed by atoms with Gasteiger partial charge in [-0.2, -0.15) is 0 Å². The highest BCUT2D eigenvalue weighted by Gasteiger charge is 2.26. The monoisotopic (exact) mass is 289 g/mol. The number of hydrogen-bond acceptors (Lipinski definition) is 3. The first-order valence-electron chi connectivity index (χ1n) is 4.09. The summed E-state index contributed by atoms with van der Waals surface area (Å²) in [5, 5.41) is 2.87. The molecule has 15 heavy (non-hydrogen) atoms. The van der Waals surface area contributed by atoms with Gasteiger partial charge in [-0.05, 0) is 18.2 Å². The molecule has 5 nitrogen and oxygen atoms in total. The van der Waals surface area contributed by atoms with E-state index < -0.39 is 10.0 Å². The number of benzene rings is 1. The molecule has 0 unspecified atom stereocenters. The van der Waals surface area contributed by atoms with Gasteiger partial charge >= 0.3 is 0 Å². The van der Waals surface area contributed by atoms with Crippen molar-refractivity contribution in [3.05, 3.63) is 22.7 Å². The second-order valence-corrected chi connectivity index (χ2v) is 5.51. The number of nitrogens with one attached hydrogen (secondary N) is 2. The number of hydrogen-bond donors (Lipinski definition) is 2. The molecule has 0 radical (unpaired) electrons. The van der Waals surface area contributed by atoms with E-state index in [9.17, 15) is 8.42 Å². The van der Waals surface area contributed by atoms with Gasteiger partial charge in [0.2, 0.25) is 5.96 Å². The van der Waals surface area contributed by atoms with E-state index in [1.54, 1.807) is 12.1 Å². The predicted octanol–water partition coefficient (Wildman–Crippen LogP) is 1.14. The molecule has 0 atom stereocenters. The molecule has 1 heterocycles. The fourth-order valence-electron chi connectivity index (χ4n) is 1.26. The van der Waals surface area contributed by atoms with E-state index in [0.717, 1.165) is 0 Å². The summed E-state index contributed by atoms with van der Waals surface area (Å²) in [6, 6.07) is 4.99. The van der Waals surface area contributed by atoms with Crippen LogP contribution in [0.3, 0.4) is 0 Å². The van der Waals surface area contributed by atoms with Gasteiger partial charge in [0, 0.05) is 11.5 Å². The van der Waals surface area contributed by atoms with E-state index in [0.29, 0.717) is 10.2 Å². The van der Waals surface area contributed by atoms with Crippen molar-refractivity contribution in [1.29, 1.82) is 0 Å². The number of fused-ring (bicyclic) bond motifs is 1. The molecule has 80 valence electrons. The van der Waals surface area contributed by atoms with E-state index in [-0.39, 0.29) is 10.9 Å². The minimum atomic E-state index is -3.50. The summed E-state index contributed by atoms with van der Waals surface area (Å²) in [4.78, 5) is 3.98. The molecule has 0 spiro atoms. The van der Waals surface area contributed by atoms with Crippen LogP contribution in [0.5, 0.6) is 0 Å². The Bertz CT molecular complexity index is 539. The number of aliphatic imine (C=N–C) groups is 1. The Morgan fingerprint density at radius 3 is 2.80 bits per heavy atom. The number of anilines is 1. The van der Waals surface area contributed by atoms with Crippen molar-refractivity contribution in [2.24, 2.45) is 4.99 Å². The first-order chi connectivity index (χ1) is 7.03. The fraction of sp³-hybridized carbons (Fsp3) is 0.125. The zero-order chi connectivity index (χ0) is 11.1. The van der Waals surface area contributed by atoms with Gasteiger partial charge in [0.25, 0.3) is 10.0 Å². The Morgan fingerprint density at radius 2 is 2.13 bits per heavy atom. The molecule has 0 saturated heterocycles. The summed E-state index contributed by atoms with van der Waals surface area (Å²) >= 11 is 3.22. The molecule has 1 aliphatic heterocycles. The van der Waals surface area contributed by atoms with Crippen LogP contribution in [0.25, 0.3) is 0 Å².